The first-order valence-electron chi connectivity index (χ1n) is 9.96. The molecular formula is C23H25N5O. The maximum atomic E-state index is 11.1. The summed E-state index contributed by atoms with van der Waals surface area (Å²) in [4.78, 5) is 9.32. The molecule has 0 bridgehead atoms. The van der Waals surface area contributed by atoms with Gasteiger partial charge in [0.2, 0.25) is 5.95 Å². The van der Waals surface area contributed by atoms with E-state index < -0.39 is 11.5 Å². The summed E-state index contributed by atoms with van der Waals surface area (Å²) in [6, 6.07) is 17.5. The molecule has 1 aliphatic carbocycles. The SMILES string of the molecule is C[C@H](C(N)=Nc1nc2ccc(C#N)cc2n1C1CCC1)[C@](C)(O)c1ccccc1. The summed E-state index contributed by atoms with van der Waals surface area (Å²) in [5, 5.41) is 20.4. The minimum absolute atomic E-state index is 0.311. The molecule has 2 atom stereocenters. The number of amidine groups is 1. The van der Waals surface area contributed by atoms with Crippen LogP contribution in [0.15, 0.2) is 53.5 Å². The van der Waals surface area contributed by atoms with Gasteiger partial charge in [0.1, 0.15) is 5.84 Å². The number of nitrogens with two attached hydrogens (primary N) is 1. The second-order valence-corrected chi connectivity index (χ2v) is 7.95. The molecule has 3 aromatic rings. The van der Waals surface area contributed by atoms with E-state index in [4.69, 9.17) is 5.73 Å². The van der Waals surface area contributed by atoms with Crippen molar-refractivity contribution in [1.82, 2.24) is 9.55 Å². The van der Waals surface area contributed by atoms with Gasteiger partial charge in [0.05, 0.1) is 28.3 Å². The Morgan fingerprint density at radius 1 is 1.31 bits per heavy atom. The van der Waals surface area contributed by atoms with E-state index in [1.165, 1.54) is 6.42 Å². The van der Waals surface area contributed by atoms with Gasteiger partial charge in [0.25, 0.3) is 0 Å². The number of hydrogen-bond acceptors (Lipinski definition) is 4. The summed E-state index contributed by atoms with van der Waals surface area (Å²) < 4.78 is 2.09. The van der Waals surface area contributed by atoms with Crippen molar-refractivity contribution in [3.63, 3.8) is 0 Å². The molecule has 1 aromatic heterocycles. The van der Waals surface area contributed by atoms with Gasteiger partial charge in [0, 0.05) is 12.0 Å². The number of hydrogen-bond donors (Lipinski definition) is 2. The number of fused-ring (bicyclic) bond motifs is 1. The highest BCUT2D eigenvalue weighted by Gasteiger charge is 2.33. The smallest absolute Gasteiger partial charge is 0.232 e. The van der Waals surface area contributed by atoms with Gasteiger partial charge >= 0.3 is 0 Å². The normalized spacial score (nSPS) is 18.1. The summed E-state index contributed by atoms with van der Waals surface area (Å²) in [6.07, 6.45) is 3.28. The molecule has 1 aliphatic rings. The molecule has 6 heteroatoms. The molecule has 1 heterocycles. The van der Waals surface area contributed by atoms with E-state index in [0.717, 1.165) is 29.4 Å². The van der Waals surface area contributed by atoms with Crippen molar-refractivity contribution < 1.29 is 5.11 Å². The van der Waals surface area contributed by atoms with Crippen molar-refractivity contribution in [1.29, 1.82) is 5.26 Å². The highest BCUT2D eigenvalue weighted by atomic mass is 16.3. The number of nitrogens with zero attached hydrogens (tertiary/aromatic N) is 4. The van der Waals surface area contributed by atoms with Gasteiger partial charge in [-0.1, -0.05) is 37.3 Å². The Morgan fingerprint density at radius 3 is 2.66 bits per heavy atom. The second-order valence-electron chi connectivity index (χ2n) is 7.95. The minimum Gasteiger partial charge on any atom is -0.387 e. The van der Waals surface area contributed by atoms with Crippen LogP contribution in [-0.2, 0) is 5.60 Å². The Labute approximate surface area is 170 Å². The first-order chi connectivity index (χ1) is 13.9. The number of aromatic nitrogens is 2. The Bertz CT molecular complexity index is 1100. The van der Waals surface area contributed by atoms with Crippen molar-refractivity contribution in [3.8, 4) is 6.07 Å². The summed E-state index contributed by atoms with van der Waals surface area (Å²) in [5.74, 6) is 0.456. The zero-order valence-corrected chi connectivity index (χ0v) is 16.7. The third-order valence-corrected chi connectivity index (χ3v) is 6.11. The molecule has 29 heavy (non-hydrogen) atoms. The number of aliphatic hydroxyl groups is 1. The van der Waals surface area contributed by atoms with Crippen LogP contribution in [0.25, 0.3) is 11.0 Å². The number of aliphatic imine (C=N–C) groups is 1. The highest BCUT2D eigenvalue weighted by molar-refractivity contribution is 5.87. The lowest BCUT2D eigenvalue weighted by Crippen LogP contribution is -2.39. The molecule has 1 saturated carbocycles. The predicted octanol–water partition coefficient (Wildman–Crippen LogP) is 4.17. The van der Waals surface area contributed by atoms with Crippen LogP contribution in [-0.4, -0.2) is 20.5 Å². The number of nitriles is 1. The molecule has 2 aromatic carbocycles. The fourth-order valence-electron chi connectivity index (χ4n) is 3.76. The van der Waals surface area contributed by atoms with Gasteiger partial charge < -0.3 is 15.4 Å². The summed E-state index contributed by atoms with van der Waals surface area (Å²) in [5.41, 5.74) is 8.30. The monoisotopic (exact) mass is 387 g/mol. The topological polar surface area (TPSA) is 100 Å². The molecule has 0 unspecified atom stereocenters. The van der Waals surface area contributed by atoms with Crippen molar-refractivity contribution in [2.24, 2.45) is 16.6 Å². The largest absolute Gasteiger partial charge is 0.387 e. The Hall–Kier alpha value is -3.17. The van der Waals surface area contributed by atoms with Gasteiger partial charge in [-0.15, -0.1) is 0 Å². The third-order valence-electron chi connectivity index (χ3n) is 6.11. The summed E-state index contributed by atoms with van der Waals surface area (Å²) in [6.45, 7) is 3.62. The van der Waals surface area contributed by atoms with E-state index in [1.54, 1.807) is 13.0 Å². The highest BCUT2D eigenvalue weighted by Crippen LogP contribution is 2.38. The third kappa shape index (κ3) is 3.39. The van der Waals surface area contributed by atoms with E-state index in [9.17, 15) is 10.4 Å². The maximum Gasteiger partial charge on any atom is 0.232 e. The van der Waals surface area contributed by atoms with Crippen LogP contribution in [0.4, 0.5) is 5.95 Å². The van der Waals surface area contributed by atoms with E-state index >= 15 is 0 Å². The van der Waals surface area contributed by atoms with Crippen LogP contribution in [0.5, 0.6) is 0 Å². The van der Waals surface area contributed by atoms with E-state index in [2.05, 4.69) is 20.6 Å². The Balaban J connectivity index is 1.76. The molecule has 1 fully saturated rings. The second kappa shape index (κ2) is 7.34. The summed E-state index contributed by atoms with van der Waals surface area (Å²) >= 11 is 0. The molecule has 148 valence electrons. The van der Waals surface area contributed by atoms with Gasteiger partial charge in [-0.2, -0.15) is 10.3 Å². The average Bonchev–Trinajstić information content (AvgIpc) is 3.03. The lowest BCUT2D eigenvalue weighted by atomic mass is 9.83. The molecule has 3 N–H and O–H groups in total. The van der Waals surface area contributed by atoms with Gasteiger partial charge in [-0.25, -0.2) is 4.98 Å². The van der Waals surface area contributed by atoms with E-state index in [0.29, 0.717) is 23.4 Å². The Kier molecular flexibility index (Phi) is 4.85. The fraction of sp³-hybridized carbons (Fsp3) is 0.348. The van der Waals surface area contributed by atoms with Crippen LogP contribution < -0.4 is 5.73 Å². The minimum atomic E-state index is -1.16. The van der Waals surface area contributed by atoms with Crippen LogP contribution in [0.1, 0.15) is 50.3 Å². The fourth-order valence-corrected chi connectivity index (χ4v) is 3.76. The zero-order chi connectivity index (χ0) is 20.6. The maximum absolute atomic E-state index is 11.1. The van der Waals surface area contributed by atoms with Crippen molar-refractivity contribution >= 4 is 22.8 Å². The molecule has 6 nitrogen and oxygen atoms in total. The molecule has 0 aliphatic heterocycles. The summed E-state index contributed by atoms with van der Waals surface area (Å²) in [7, 11) is 0. The van der Waals surface area contributed by atoms with Gasteiger partial charge in [0.15, 0.2) is 0 Å². The predicted molar refractivity (Wildman–Crippen MR) is 114 cm³/mol. The number of imidazole rings is 1. The van der Waals surface area contributed by atoms with E-state index in [1.807, 2.05) is 49.4 Å². The van der Waals surface area contributed by atoms with Gasteiger partial charge in [-0.3, -0.25) is 0 Å². The lowest BCUT2D eigenvalue weighted by molar-refractivity contribution is 0.0273. The Morgan fingerprint density at radius 2 is 2.03 bits per heavy atom. The van der Waals surface area contributed by atoms with Crippen LogP contribution >= 0.6 is 0 Å². The first kappa shape index (κ1) is 19.2. The average molecular weight is 387 g/mol. The standard InChI is InChI=1S/C23H25N5O/c1-15(23(2,29)17-7-4-3-5-8-17)21(25)27-22-26-19-12-11-16(14-24)13-20(19)28(22)18-9-6-10-18/h3-5,7-8,11-13,15,18,29H,6,9-10H2,1-2H3,(H2,25,26,27)/t15-,23+/m1/s1. The van der Waals surface area contributed by atoms with Crippen LogP contribution in [0.2, 0.25) is 0 Å². The zero-order valence-electron chi connectivity index (χ0n) is 16.7. The first-order valence-corrected chi connectivity index (χ1v) is 9.96. The van der Waals surface area contributed by atoms with Crippen LogP contribution in [0.3, 0.4) is 0 Å². The molecule has 0 radical (unpaired) electrons. The van der Waals surface area contributed by atoms with Crippen molar-refractivity contribution in [2.45, 2.75) is 44.8 Å². The lowest BCUT2D eigenvalue weighted by Gasteiger charge is -2.31. The molecule has 0 amide bonds. The number of benzene rings is 2. The van der Waals surface area contributed by atoms with Crippen molar-refractivity contribution in [2.75, 3.05) is 0 Å². The van der Waals surface area contributed by atoms with Gasteiger partial charge in [-0.05, 0) is 49.9 Å². The molecule has 0 saturated heterocycles. The molecular weight excluding hydrogens is 362 g/mol. The number of rotatable bonds is 5. The van der Waals surface area contributed by atoms with E-state index in [-0.39, 0.29) is 0 Å². The van der Waals surface area contributed by atoms with Crippen molar-refractivity contribution in [3.05, 3.63) is 59.7 Å². The van der Waals surface area contributed by atoms with Crippen LogP contribution in [0, 0.1) is 17.2 Å². The quantitative estimate of drug-likeness (QED) is 0.507. The molecule has 0 spiro atoms. The molecule has 4 rings (SSSR count).